The lowest BCUT2D eigenvalue weighted by atomic mass is 10.1. The zero-order chi connectivity index (χ0) is 18.1. The summed E-state index contributed by atoms with van der Waals surface area (Å²) in [6.45, 7) is 5.69. The SMILES string of the molecule is CCN(CC)C(O)c1cnn(-c2nccc(-c3cccs3)n2)c1C1CC1. The number of hydrogen-bond acceptors (Lipinski definition) is 6. The Balaban J connectivity index is 1.75. The molecule has 3 aromatic rings. The standard InChI is InChI=1S/C19H23N5OS/c1-3-23(4-2)18(25)14-12-21-24(17(14)13-7-8-13)19-20-10-9-15(22-19)16-6-5-11-26-16/h5-6,9-13,18,25H,3-4,7-8H2,1-2H3. The first kappa shape index (κ1) is 17.3. The third kappa shape index (κ3) is 3.18. The van der Waals surface area contributed by atoms with Gasteiger partial charge in [0.1, 0.15) is 6.23 Å². The van der Waals surface area contributed by atoms with Crippen LogP contribution >= 0.6 is 11.3 Å². The summed E-state index contributed by atoms with van der Waals surface area (Å²) in [5.74, 6) is 0.988. The largest absolute Gasteiger partial charge is 0.374 e. The average molecular weight is 369 g/mol. The molecule has 1 fully saturated rings. The van der Waals surface area contributed by atoms with Crippen LogP contribution < -0.4 is 0 Å². The lowest BCUT2D eigenvalue weighted by molar-refractivity contribution is 0.00830. The van der Waals surface area contributed by atoms with Crippen LogP contribution in [0.5, 0.6) is 0 Å². The number of hydrogen-bond donors (Lipinski definition) is 1. The molecular weight excluding hydrogens is 346 g/mol. The molecule has 7 heteroatoms. The summed E-state index contributed by atoms with van der Waals surface area (Å²) in [6.07, 6.45) is 5.14. The Hall–Kier alpha value is -2.09. The van der Waals surface area contributed by atoms with Crippen LogP contribution in [0.25, 0.3) is 16.5 Å². The van der Waals surface area contributed by atoms with E-state index >= 15 is 0 Å². The Kier molecular flexibility index (Phi) is 4.84. The molecule has 4 rings (SSSR count). The molecule has 136 valence electrons. The van der Waals surface area contributed by atoms with Crippen molar-refractivity contribution in [2.75, 3.05) is 13.1 Å². The lowest BCUT2D eigenvalue weighted by Gasteiger charge is -2.25. The van der Waals surface area contributed by atoms with E-state index in [0.717, 1.165) is 47.8 Å². The van der Waals surface area contributed by atoms with Crippen molar-refractivity contribution in [3.05, 3.63) is 47.2 Å². The number of thiophene rings is 1. The highest BCUT2D eigenvalue weighted by atomic mass is 32.1. The van der Waals surface area contributed by atoms with Crippen molar-refractivity contribution in [2.24, 2.45) is 0 Å². The molecule has 0 aliphatic heterocycles. The van der Waals surface area contributed by atoms with Crippen LogP contribution in [-0.4, -0.2) is 42.8 Å². The van der Waals surface area contributed by atoms with Gasteiger partial charge in [-0.3, -0.25) is 4.90 Å². The summed E-state index contributed by atoms with van der Waals surface area (Å²) in [7, 11) is 0. The molecule has 0 amide bonds. The van der Waals surface area contributed by atoms with Crippen molar-refractivity contribution in [1.29, 1.82) is 0 Å². The second-order valence-corrected chi connectivity index (χ2v) is 7.43. The van der Waals surface area contributed by atoms with Crippen LogP contribution in [0, 0.1) is 0 Å². The molecular formula is C19H23N5OS. The number of aromatic nitrogens is 4. The molecule has 1 saturated carbocycles. The number of aliphatic hydroxyl groups is 1. The minimum absolute atomic E-state index is 0.423. The van der Waals surface area contributed by atoms with E-state index in [-0.39, 0.29) is 0 Å². The quantitative estimate of drug-likeness (QED) is 0.645. The molecule has 0 radical (unpaired) electrons. The topological polar surface area (TPSA) is 67.1 Å². The fraction of sp³-hybridized carbons (Fsp3) is 0.421. The van der Waals surface area contributed by atoms with Crippen molar-refractivity contribution in [3.63, 3.8) is 0 Å². The zero-order valence-corrected chi connectivity index (χ0v) is 15.9. The van der Waals surface area contributed by atoms with Crippen molar-refractivity contribution in [2.45, 2.75) is 38.8 Å². The van der Waals surface area contributed by atoms with Crippen molar-refractivity contribution in [3.8, 4) is 16.5 Å². The maximum Gasteiger partial charge on any atom is 0.251 e. The van der Waals surface area contributed by atoms with Crippen molar-refractivity contribution < 1.29 is 5.11 Å². The van der Waals surface area contributed by atoms with E-state index in [4.69, 9.17) is 4.98 Å². The highest BCUT2D eigenvalue weighted by Crippen LogP contribution is 2.44. The third-order valence-electron chi connectivity index (χ3n) is 4.84. The average Bonchev–Trinajstić information content (AvgIpc) is 3.19. The summed E-state index contributed by atoms with van der Waals surface area (Å²) in [5.41, 5.74) is 2.82. The highest BCUT2D eigenvalue weighted by Gasteiger charge is 2.34. The van der Waals surface area contributed by atoms with Crippen LogP contribution in [0.2, 0.25) is 0 Å². The van der Waals surface area contributed by atoms with Gasteiger partial charge in [-0.25, -0.2) is 14.6 Å². The van der Waals surface area contributed by atoms with E-state index in [9.17, 15) is 5.11 Å². The van der Waals surface area contributed by atoms with Crippen LogP contribution in [0.15, 0.2) is 36.0 Å². The molecule has 0 spiro atoms. The smallest absolute Gasteiger partial charge is 0.251 e. The number of nitrogens with zero attached hydrogens (tertiary/aromatic N) is 5. The summed E-state index contributed by atoms with van der Waals surface area (Å²) in [4.78, 5) is 12.3. The van der Waals surface area contributed by atoms with E-state index in [1.54, 1.807) is 23.7 Å². The second kappa shape index (κ2) is 7.26. The Morgan fingerprint density at radius 1 is 1.31 bits per heavy atom. The summed E-state index contributed by atoms with van der Waals surface area (Å²) < 4.78 is 1.82. The van der Waals surface area contributed by atoms with E-state index < -0.39 is 6.23 Å². The molecule has 0 aromatic carbocycles. The van der Waals surface area contributed by atoms with Gasteiger partial charge in [0.05, 0.1) is 22.5 Å². The van der Waals surface area contributed by atoms with Crippen molar-refractivity contribution in [1.82, 2.24) is 24.6 Å². The summed E-state index contributed by atoms with van der Waals surface area (Å²) in [6, 6.07) is 5.99. The Labute approximate surface area is 157 Å². The molecule has 26 heavy (non-hydrogen) atoms. The normalized spacial score (nSPS) is 15.5. The van der Waals surface area contributed by atoms with Gasteiger partial charge in [0, 0.05) is 17.7 Å². The fourth-order valence-electron chi connectivity index (χ4n) is 3.27. The molecule has 1 atom stereocenters. The van der Waals surface area contributed by atoms with Crippen LogP contribution in [-0.2, 0) is 0 Å². The van der Waals surface area contributed by atoms with Gasteiger partial charge >= 0.3 is 0 Å². The minimum Gasteiger partial charge on any atom is -0.374 e. The van der Waals surface area contributed by atoms with E-state index in [2.05, 4.69) is 30.0 Å². The van der Waals surface area contributed by atoms with Gasteiger partial charge in [0.25, 0.3) is 5.95 Å². The first-order valence-electron chi connectivity index (χ1n) is 9.10. The molecule has 0 saturated heterocycles. The van der Waals surface area contributed by atoms with E-state index in [1.807, 2.05) is 27.1 Å². The Morgan fingerprint density at radius 3 is 2.77 bits per heavy atom. The maximum absolute atomic E-state index is 10.8. The lowest BCUT2D eigenvalue weighted by Crippen LogP contribution is -2.28. The van der Waals surface area contributed by atoms with Gasteiger partial charge < -0.3 is 5.11 Å². The minimum atomic E-state index is -0.644. The third-order valence-corrected chi connectivity index (χ3v) is 5.74. The van der Waals surface area contributed by atoms with Crippen LogP contribution in [0.1, 0.15) is 50.1 Å². The Morgan fingerprint density at radius 2 is 2.12 bits per heavy atom. The molecule has 1 N–H and O–H groups in total. The predicted molar refractivity (Wildman–Crippen MR) is 102 cm³/mol. The predicted octanol–water partition coefficient (Wildman–Crippen LogP) is 3.60. The monoisotopic (exact) mass is 369 g/mol. The first-order valence-corrected chi connectivity index (χ1v) is 9.98. The van der Waals surface area contributed by atoms with Gasteiger partial charge in [-0.2, -0.15) is 5.10 Å². The van der Waals surface area contributed by atoms with Gasteiger partial charge in [-0.15, -0.1) is 11.3 Å². The van der Waals surface area contributed by atoms with Gasteiger partial charge in [-0.1, -0.05) is 19.9 Å². The second-order valence-electron chi connectivity index (χ2n) is 6.49. The fourth-order valence-corrected chi connectivity index (χ4v) is 3.97. The molecule has 0 bridgehead atoms. The van der Waals surface area contributed by atoms with E-state index in [1.165, 1.54) is 0 Å². The van der Waals surface area contributed by atoms with Gasteiger partial charge in [0.2, 0.25) is 0 Å². The first-order chi connectivity index (χ1) is 12.7. The number of aliphatic hydroxyl groups excluding tert-OH is 1. The summed E-state index contributed by atoms with van der Waals surface area (Å²) in [5, 5.41) is 17.4. The van der Waals surface area contributed by atoms with Gasteiger partial charge in [0.15, 0.2) is 0 Å². The van der Waals surface area contributed by atoms with E-state index in [0.29, 0.717) is 11.9 Å². The molecule has 1 aliphatic carbocycles. The number of rotatable bonds is 7. The van der Waals surface area contributed by atoms with Crippen LogP contribution in [0.3, 0.4) is 0 Å². The molecule has 6 nitrogen and oxygen atoms in total. The molecule has 1 unspecified atom stereocenters. The van der Waals surface area contributed by atoms with Gasteiger partial charge in [-0.05, 0) is 43.4 Å². The maximum atomic E-state index is 10.8. The highest BCUT2D eigenvalue weighted by molar-refractivity contribution is 7.13. The summed E-state index contributed by atoms with van der Waals surface area (Å²) >= 11 is 1.66. The van der Waals surface area contributed by atoms with Crippen LogP contribution in [0.4, 0.5) is 0 Å². The molecule has 3 aromatic heterocycles. The zero-order valence-electron chi connectivity index (χ0n) is 15.0. The molecule has 1 aliphatic rings. The Bertz CT molecular complexity index is 868. The molecule has 3 heterocycles. The van der Waals surface area contributed by atoms with Crippen molar-refractivity contribution >= 4 is 11.3 Å².